The van der Waals surface area contributed by atoms with E-state index in [-0.39, 0.29) is 12.5 Å². The van der Waals surface area contributed by atoms with Crippen LogP contribution in [0.25, 0.3) is 0 Å². The van der Waals surface area contributed by atoms with E-state index in [0.29, 0.717) is 18.0 Å². The molecule has 0 bridgehead atoms. The van der Waals surface area contributed by atoms with Crippen molar-refractivity contribution in [1.82, 2.24) is 0 Å². The number of primary amides is 1. The predicted molar refractivity (Wildman–Crippen MR) is 75.5 cm³/mol. The maximum absolute atomic E-state index is 12.0. The fraction of sp³-hybridized carbons (Fsp3) is 0.429. The molecule has 2 amide bonds. The van der Waals surface area contributed by atoms with E-state index in [1.807, 2.05) is 6.92 Å². The summed E-state index contributed by atoms with van der Waals surface area (Å²) in [5, 5.41) is 2.75. The zero-order valence-electron chi connectivity index (χ0n) is 11.9. The molecular weight excluding hydrogens is 260 g/mol. The van der Waals surface area contributed by atoms with Gasteiger partial charge in [0.15, 0.2) is 6.61 Å². The molecule has 0 atom stereocenters. The number of rotatable bonds is 7. The van der Waals surface area contributed by atoms with Crippen LogP contribution in [0.2, 0.25) is 0 Å². The number of nitrogens with two attached hydrogens (primary N) is 1. The summed E-state index contributed by atoms with van der Waals surface area (Å²) in [5.74, 6) is -0.267. The number of ether oxygens (including phenoxy) is 2. The van der Waals surface area contributed by atoms with Gasteiger partial charge >= 0.3 is 0 Å². The smallest absolute Gasteiger partial charge is 0.256 e. The van der Waals surface area contributed by atoms with E-state index in [9.17, 15) is 9.59 Å². The molecule has 1 aromatic rings. The van der Waals surface area contributed by atoms with E-state index in [0.717, 1.165) is 0 Å². The molecule has 3 N–H and O–H groups in total. The largest absolute Gasteiger partial charge is 0.484 e. The minimum Gasteiger partial charge on any atom is -0.484 e. The molecule has 0 saturated carbocycles. The van der Waals surface area contributed by atoms with Crippen molar-refractivity contribution in [3.63, 3.8) is 0 Å². The SMILES string of the molecule is CCOC(C)(C)C(=O)Nc1ccc(OCC(N)=O)cc1. The van der Waals surface area contributed by atoms with Crippen molar-refractivity contribution in [1.29, 1.82) is 0 Å². The van der Waals surface area contributed by atoms with Crippen molar-refractivity contribution >= 4 is 17.5 Å². The second kappa shape index (κ2) is 6.91. The normalized spacial score (nSPS) is 10.9. The van der Waals surface area contributed by atoms with Crippen LogP contribution < -0.4 is 15.8 Å². The highest BCUT2D eigenvalue weighted by Gasteiger charge is 2.27. The molecule has 0 aliphatic heterocycles. The highest BCUT2D eigenvalue weighted by atomic mass is 16.5. The number of anilines is 1. The van der Waals surface area contributed by atoms with E-state index in [1.54, 1.807) is 38.1 Å². The summed E-state index contributed by atoms with van der Waals surface area (Å²) in [4.78, 5) is 22.6. The number of hydrogen-bond donors (Lipinski definition) is 2. The van der Waals surface area contributed by atoms with Crippen LogP contribution in [0, 0.1) is 0 Å². The average Bonchev–Trinajstić information content (AvgIpc) is 2.37. The molecule has 6 heteroatoms. The van der Waals surface area contributed by atoms with Gasteiger partial charge in [-0.05, 0) is 45.0 Å². The van der Waals surface area contributed by atoms with Crippen molar-refractivity contribution in [2.24, 2.45) is 5.73 Å². The van der Waals surface area contributed by atoms with E-state index in [4.69, 9.17) is 15.2 Å². The third-order valence-electron chi connectivity index (χ3n) is 2.55. The molecular formula is C14H20N2O4. The second-order valence-electron chi connectivity index (χ2n) is 4.68. The second-order valence-corrected chi connectivity index (χ2v) is 4.68. The number of amides is 2. The molecule has 0 radical (unpaired) electrons. The lowest BCUT2D eigenvalue weighted by molar-refractivity contribution is -0.136. The van der Waals surface area contributed by atoms with Crippen LogP contribution in [0.4, 0.5) is 5.69 Å². The van der Waals surface area contributed by atoms with E-state index in [2.05, 4.69) is 5.32 Å². The van der Waals surface area contributed by atoms with Gasteiger partial charge in [-0.2, -0.15) is 0 Å². The van der Waals surface area contributed by atoms with Crippen molar-refractivity contribution in [2.75, 3.05) is 18.5 Å². The number of carbonyl (C=O) groups is 2. The Kier molecular flexibility index (Phi) is 5.52. The topological polar surface area (TPSA) is 90.7 Å². The van der Waals surface area contributed by atoms with Gasteiger partial charge in [-0.25, -0.2) is 0 Å². The zero-order valence-corrected chi connectivity index (χ0v) is 11.9. The van der Waals surface area contributed by atoms with Crippen molar-refractivity contribution in [2.45, 2.75) is 26.4 Å². The maximum atomic E-state index is 12.0. The lowest BCUT2D eigenvalue weighted by Crippen LogP contribution is -2.39. The summed E-state index contributed by atoms with van der Waals surface area (Å²) in [6.07, 6.45) is 0. The van der Waals surface area contributed by atoms with Gasteiger partial charge in [-0.3, -0.25) is 9.59 Å². The molecule has 110 valence electrons. The Morgan fingerprint density at radius 3 is 2.35 bits per heavy atom. The Morgan fingerprint density at radius 1 is 1.25 bits per heavy atom. The molecule has 0 unspecified atom stereocenters. The summed E-state index contributed by atoms with van der Waals surface area (Å²) < 4.78 is 10.5. The summed E-state index contributed by atoms with van der Waals surface area (Å²) in [6.45, 7) is 5.52. The number of benzene rings is 1. The Morgan fingerprint density at radius 2 is 1.85 bits per heavy atom. The summed E-state index contributed by atoms with van der Waals surface area (Å²) >= 11 is 0. The van der Waals surface area contributed by atoms with Crippen LogP contribution in [-0.4, -0.2) is 30.6 Å². The van der Waals surface area contributed by atoms with Crippen LogP contribution >= 0.6 is 0 Å². The van der Waals surface area contributed by atoms with E-state index >= 15 is 0 Å². The summed E-state index contributed by atoms with van der Waals surface area (Å²) in [5.41, 5.74) is 4.70. The lowest BCUT2D eigenvalue weighted by atomic mass is 10.1. The quantitative estimate of drug-likeness (QED) is 0.787. The van der Waals surface area contributed by atoms with Crippen LogP contribution in [-0.2, 0) is 14.3 Å². The van der Waals surface area contributed by atoms with Gasteiger partial charge < -0.3 is 20.5 Å². The van der Waals surface area contributed by atoms with Crippen LogP contribution in [0.15, 0.2) is 24.3 Å². The summed E-state index contributed by atoms with van der Waals surface area (Å²) in [7, 11) is 0. The van der Waals surface area contributed by atoms with Gasteiger partial charge in [-0.15, -0.1) is 0 Å². The van der Waals surface area contributed by atoms with Gasteiger partial charge in [0, 0.05) is 12.3 Å². The van der Waals surface area contributed by atoms with Crippen LogP contribution in [0.1, 0.15) is 20.8 Å². The minimum atomic E-state index is -0.893. The first-order chi connectivity index (χ1) is 9.35. The van der Waals surface area contributed by atoms with Gasteiger partial charge in [0.1, 0.15) is 11.4 Å². The van der Waals surface area contributed by atoms with Crippen molar-refractivity contribution < 1.29 is 19.1 Å². The molecule has 0 fully saturated rings. The van der Waals surface area contributed by atoms with Crippen LogP contribution in [0.5, 0.6) is 5.75 Å². The Labute approximate surface area is 118 Å². The van der Waals surface area contributed by atoms with Gasteiger partial charge in [-0.1, -0.05) is 0 Å². The molecule has 1 aromatic carbocycles. The van der Waals surface area contributed by atoms with Gasteiger partial charge in [0.05, 0.1) is 0 Å². The molecule has 0 aliphatic rings. The highest BCUT2D eigenvalue weighted by Crippen LogP contribution is 2.18. The third kappa shape index (κ3) is 4.89. The highest BCUT2D eigenvalue weighted by molar-refractivity contribution is 5.96. The average molecular weight is 280 g/mol. The standard InChI is InChI=1S/C14H20N2O4/c1-4-20-14(2,3)13(18)16-10-5-7-11(8-6-10)19-9-12(15)17/h5-8H,4,9H2,1-3H3,(H2,15,17)(H,16,18). The zero-order chi connectivity index (χ0) is 15.2. The predicted octanol–water partition coefficient (Wildman–Crippen LogP) is 1.30. The number of nitrogens with one attached hydrogen (secondary N) is 1. The Bertz CT molecular complexity index is 469. The first kappa shape index (κ1) is 16.0. The van der Waals surface area contributed by atoms with Gasteiger partial charge in [0.25, 0.3) is 11.8 Å². The fourth-order valence-electron chi connectivity index (χ4n) is 1.50. The Balaban J connectivity index is 2.61. The number of carbonyl (C=O) groups excluding carboxylic acids is 2. The van der Waals surface area contributed by atoms with Gasteiger partial charge in [0.2, 0.25) is 0 Å². The Hall–Kier alpha value is -2.08. The molecule has 0 saturated heterocycles. The molecule has 0 heterocycles. The third-order valence-corrected chi connectivity index (χ3v) is 2.55. The van der Waals surface area contributed by atoms with Crippen LogP contribution in [0.3, 0.4) is 0 Å². The van der Waals surface area contributed by atoms with Crippen molar-refractivity contribution in [3.05, 3.63) is 24.3 Å². The number of hydrogen-bond acceptors (Lipinski definition) is 4. The van der Waals surface area contributed by atoms with E-state index in [1.165, 1.54) is 0 Å². The molecule has 6 nitrogen and oxygen atoms in total. The van der Waals surface area contributed by atoms with Crippen molar-refractivity contribution in [3.8, 4) is 5.75 Å². The fourth-order valence-corrected chi connectivity index (χ4v) is 1.50. The molecule has 20 heavy (non-hydrogen) atoms. The monoisotopic (exact) mass is 280 g/mol. The molecule has 0 aliphatic carbocycles. The minimum absolute atomic E-state index is 0.178. The maximum Gasteiger partial charge on any atom is 0.256 e. The molecule has 0 aromatic heterocycles. The molecule has 0 spiro atoms. The first-order valence-corrected chi connectivity index (χ1v) is 6.31. The summed E-state index contributed by atoms with van der Waals surface area (Å²) in [6, 6.07) is 6.64. The van der Waals surface area contributed by atoms with E-state index < -0.39 is 11.5 Å². The molecule has 1 rings (SSSR count). The first-order valence-electron chi connectivity index (χ1n) is 6.31. The lowest BCUT2D eigenvalue weighted by Gasteiger charge is -2.23.